The molecule has 0 amide bonds. The fourth-order valence-corrected chi connectivity index (χ4v) is 1.41. The van der Waals surface area contributed by atoms with Crippen molar-refractivity contribution in [3.63, 3.8) is 0 Å². The van der Waals surface area contributed by atoms with E-state index in [1.165, 1.54) is 11.3 Å². The third kappa shape index (κ3) is 2.42. The zero-order valence-corrected chi connectivity index (χ0v) is 7.51. The second kappa shape index (κ2) is 3.37. The largest absolute Gasteiger partial charge is 0.350 e. The highest BCUT2D eigenvalue weighted by Crippen LogP contribution is 2.16. The third-order valence-corrected chi connectivity index (χ3v) is 2.30. The van der Waals surface area contributed by atoms with Crippen molar-refractivity contribution in [2.45, 2.75) is 12.8 Å². The van der Waals surface area contributed by atoms with Crippen molar-refractivity contribution < 1.29 is 10.2 Å². The first-order valence-corrected chi connectivity index (χ1v) is 4.34. The van der Waals surface area contributed by atoms with Gasteiger partial charge in [-0.25, -0.2) is 0 Å². The smallest absolute Gasteiger partial charge is 0.244 e. The van der Waals surface area contributed by atoms with Crippen LogP contribution in [-0.4, -0.2) is 16.1 Å². The molecule has 0 aliphatic rings. The van der Waals surface area contributed by atoms with Gasteiger partial charge in [-0.15, -0.1) is 11.3 Å². The van der Waals surface area contributed by atoms with Gasteiger partial charge in [0.25, 0.3) is 0 Å². The number of aliphatic hydroxyl groups is 2. The lowest BCUT2D eigenvalue weighted by Crippen LogP contribution is -2.40. The topological polar surface area (TPSA) is 66.5 Å². The summed E-state index contributed by atoms with van der Waals surface area (Å²) in [6.07, 6.45) is 1.64. The van der Waals surface area contributed by atoms with Crippen LogP contribution in [0.2, 0.25) is 0 Å². The molecular formula is C8H11NO2S. The van der Waals surface area contributed by atoms with Crippen LogP contribution in [0.4, 0.5) is 0 Å². The first kappa shape index (κ1) is 9.41. The Morgan fingerprint density at radius 2 is 2.33 bits per heavy atom. The number of rotatable bonds is 2. The van der Waals surface area contributed by atoms with Gasteiger partial charge in [-0.1, -0.05) is 6.07 Å². The van der Waals surface area contributed by atoms with Crippen LogP contribution >= 0.6 is 11.3 Å². The number of hydrogen-bond acceptors (Lipinski definition) is 4. The van der Waals surface area contributed by atoms with Gasteiger partial charge >= 0.3 is 0 Å². The summed E-state index contributed by atoms with van der Waals surface area (Å²) in [5.41, 5.74) is 5.37. The quantitative estimate of drug-likeness (QED) is 0.596. The lowest BCUT2D eigenvalue weighted by Gasteiger charge is -2.15. The second-order valence-electron chi connectivity index (χ2n) is 2.57. The number of hydrogen-bond donors (Lipinski definition) is 3. The van der Waals surface area contributed by atoms with Crippen molar-refractivity contribution in [2.75, 3.05) is 0 Å². The minimum Gasteiger partial charge on any atom is -0.350 e. The molecule has 4 N–H and O–H groups in total. The summed E-state index contributed by atoms with van der Waals surface area (Å²) in [4.78, 5) is 0.949. The Bertz CT molecular complexity index is 272. The van der Waals surface area contributed by atoms with Crippen LogP contribution in [0.3, 0.4) is 0 Å². The van der Waals surface area contributed by atoms with Crippen molar-refractivity contribution in [2.24, 2.45) is 5.73 Å². The summed E-state index contributed by atoms with van der Waals surface area (Å²) in [5.74, 6) is -2.20. The molecule has 4 heteroatoms. The SMILES string of the molecule is C/C(=C\c1cccs1)C(N)(O)O. The maximum Gasteiger partial charge on any atom is 0.244 e. The van der Waals surface area contributed by atoms with Crippen LogP contribution in [0, 0.1) is 0 Å². The summed E-state index contributed by atoms with van der Waals surface area (Å²) < 4.78 is 0. The maximum atomic E-state index is 8.95. The van der Waals surface area contributed by atoms with Gasteiger partial charge in [-0.05, 0) is 24.4 Å². The Kier molecular flexibility index (Phi) is 2.64. The lowest BCUT2D eigenvalue weighted by atomic mass is 10.2. The van der Waals surface area contributed by atoms with Gasteiger partial charge in [0.15, 0.2) is 0 Å². The normalized spacial score (nSPS) is 13.5. The molecule has 66 valence electrons. The van der Waals surface area contributed by atoms with Crippen LogP contribution in [0.25, 0.3) is 6.08 Å². The molecule has 0 fully saturated rings. The molecule has 0 saturated carbocycles. The van der Waals surface area contributed by atoms with Gasteiger partial charge in [0.05, 0.1) is 0 Å². The number of nitrogens with two attached hydrogens (primary N) is 1. The zero-order valence-electron chi connectivity index (χ0n) is 6.69. The monoisotopic (exact) mass is 185 g/mol. The second-order valence-corrected chi connectivity index (χ2v) is 3.55. The summed E-state index contributed by atoms with van der Waals surface area (Å²) in [6, 6.07) is 3.76. The van der Waals surface area contributed by atoms with E-state index >= 15 is 0 Å². The molecule has 0 bridgehead atoms. The van der Waals surface area contributed by atoms with E-state index in [4.69, 9.17) is 15.9 Å². The van der Waals surface area contributed by atoms with Gasteiger partial charge in [0.2, 0.25) is 5.91 Å². The molecule has 0 aromatic carbocycles. The average molecular weight is 185 g/mol. The maximum absolute atomic E-state index is 8.95. The summed E-state index contributed by atoms with van der Waals surface area (Å²) in [7, 11) is 0. The van der Waals surface area contributed by atoms with Crippen LogP contribution in [0.15, 0.2) is 23.1 Å². The van der Waals surface area contributed by atoms with Gasteiger partial charge in [-0.2, -0.15) is 0 Å². The highest BCUT2D eigenvalue weighted by atomic mass is 32.1. The Morgan fingerprint density at radius 1 is 1.67 bits per heavy atom. The van der Waals surface area contributed by atoms with Crippen LogP contribution < -0.4 is 5.73 Å². The molecule has 3 nitrogen and oxygen atoms in total. The molecule has 1 aromatic rings. The highest BCUT2D eigenvalue weighted by Gasteiger charge is 2.17. The first-order chi connectivity index (χ1) is 5.50. The van der Waals surface area contributed by atoms with Crippen molar-refractivity contribution in [1.29, 1.82) is 0 Å². The van der Waals surface area contributed by atoms with Crippen molar-refractivity contribution in [3.8, 4) is 0 Å². The predicted octanol–water partition coefficient (Wildman–Crippen LogP) is 0.748. The van der Waals surface area contributed by atoms with Crippen LogP contribution in [0.1, 0.15) is 11.8 Å². The molecule has 0 spiro atoms. The van der Waals surface area contributed by atoms with E-state index in [0.29, 0.717) is 5.57 Å². The molecule has 0 atom stereocenters. The molecular weight excluding hydrogens is 174 g/mol. The van der Waals surface area contributed by atoms with Gasteiger partial charge in [0.1, 0.15) is 0 Å². The van der Waals surface area contributed by atoms with Crippen molar-refractivity contribution >= 4 is 17.4 Å². The van der Waals surface area contributed by atoms with Crippen molar-refractivity contribution in [3.05, 3.63) is 28.0 Å². The van der Waals surface area contributed by atoms with E-state index in [9.17, 15) is 0 Å². The van der Waals surface area contributed by atoms with E-state index in [0.717, 1.165) is 4.88 Å². The Labute approximate surface area is 74.8 Å². The van der Waals surface area contributed by atoms with Gasteiger partial charge in [0, 0.05) is 10.5 Å². The minimum atomic E-state index is -2.20. The molecule has 0 unspecified atom stereocenters. The molecule has 1 aromatic heterocycles. The molecule has 0 aliphatic heterocycles. The fourth-order valence-electron chi connectivity index (χ4n) is 0.693. The molecule has 1 rings (SSSR count). The highest BCUT2D eigenvalue weighted by molar-refractivity contribution is 7.10. The van der Waals surface area contributed by atoms with Crippen molar-refractivity contribution in [1.82, 2.24) is 0 Å². The molecule has 0 radical (unpaired) electrons. The first-order valence-electron chi connectivity index (χ1n) is 3.46. The minimum absolute atomic E-state index is 0.324. The summed E-state index contributed by atoms with van der Waals surface area (Å²) >= 11 is 1.51. The van der Waals surface area contributed by atoms with E-state index in [1.54, 1.807) is 13.0 Å². The summed E-state index contributed by atoms with van der Waals surface area (Å²) in [5, 5.41) is 19.8. The van der Waals surface area contributed by atoms with Gasteiger partial charge in [-0.3, -0.25) is 5.73 Å². The molecule has 12 heavy (non-hydrogen) atoms. The zero-order chi connectivity index (χ0) is 9.19. The average Bonchev–Trinajstić information content (AvgIpc) is 2.37. The number of thiophene rings is 1. The fraction of sp³-hybridized carbons (Fsp3) is 0.250. The Hall–Kier alpha value is -0.680. The molecule has 0 aliphatic carbocycles. The molecule has 1 heterocycles. The third-order valence-electron chi connectivity index (χ3n) is 1.48. The Morgan fingerprint density at radius 3 is 2.75 bits per heavy atom. The van der Waals surface area contributed by atoms with E-state index < -0.39 is 5.91 Å². The molecule has 0 saturated heterocycles. The summed E-state index contributed by atoms with van der Waals surface area (Å²) in [6.45, 7) is 1.57. The van der Waals surface area contributed by atoms with E-state index in [2.05, 4.69) is 0 Å². The van der Waals surface area contributed by atoms with Gasteiger partial charge < -0.3 is 10.2 Å². The standard InChI is InChI=1S/C8H11NO2S/c1-6(8(9,10)11)5-7-3-2-4-12-7/h2-5,10-11H,9H2,1H3/b6-5+. The van der Waals surface area contributed by atoms with E-state index in [-0.39, 0.29) is 0 Å². The lowest BCUT2D eigenvalue weighted by molar-refractivity contribution is -0.121. The van der Waals surface area contributed by atoms with Crippen LogP contribution in [-0.2, 0) is 0 Å². The van der Waals surface area contributed by atoms with Crippen LogP contribution in [0.5, 0.6) is 0 Å². The Balaban J connectivity index is 2.84. The van der Waals surface area contributed by atoms with E-state index in [1.807, 2.05) is 17.5 Å². The predicted molar refractivity (Wildman–Crippen MR) is 49.3 cm³/mol.